The van der Waals surface area contributed by atoms with Gasteiger partial charge < -0.3 is 9.47 Å². The molecule has 3 rings (SSSR count). The lowest BCUT2D eigenvalue weighted by Gasteiger charge is -2.39. The number of amides is 1. The fraction of sp³-hybridized carbons (Fsp3) is 0.533. The molecule has 102 valence electrons. The van der Waals surface area contributed by atoms with Crippen molar-refractivity contribution in [1.82, 2.24) is 9.47 Å². The Kier molecular flexibility index (Phi) is 3.13. The molecule has 1 fully saturated rings. The minimum Gasteiger partial charge on any atom is -0.339 e. The van der Waals surface area contributed by atoms with Crippen LogP contribution >= 0.6 is 11.3 Å². The van der Waals surface area contributed by atoms with E-state index in [0.29, 0.717) is 12.1 Å². The van der Waals surface area contributed by atoms with Crippen LogP contribution in [0.2, 0.25) is 0 Å². The first-order valence-corrected chi connectivity index (χ1v) is 7.83. The SMILES string of the molecule is CC1CCCC(C)N1C(=O)c1cc2sccc2n1C. The minimum atomic E-state index is 0.186. The topological polar surface area (TPSA) is 25.2 Å². The monoisotopic (exact) mass is 276 g/mol. The van der Waals surface area contributed by atoms with Gasteiger partial charge in [0, 0.05) is 19.1 Å². The summed E-state index contributed by atoms with van der Waals surface area (Å²) in [7, 11) is 1.99. The van der Waals surface area contributed by atoms with E-state index in [1.54, 1.807) is 11.3 Å². The number of piperidine rings is 1. The molecule has 0 saturated carbocycles. The van der Waals surface area contributed by atoms with Crippen molar-refractivity contribution < 1.29 is 4.79 Å². The quantitative estimate of drug-likeness (QED) is 0.780. The molecule has 0 aromatic carbocycles. The van der Waals surface area contributed by atoms with Crippen LogP contribution in [-0.2, 0) is 7.05 Å². The first kappa shape index (κ1) is 12.7. The van der Waals surface area contributed by atoms with Crippen LogP contribution in [0.25, 0.3) is 10.2 Å². The van der Waals surface area contributed by atoms with E-state index in [1.165, 1.54) is 11.1 Å². The smallest absolute Gasteiger partial charge is 0.271 e. The molecule has 0 radical (unpaired) electrons. The van der Waals surface area contributed by atoms with Gasteiger partial charge in [-0.2, -0.15) is 0 Å². The number of carbonyl (C=O) groups is 1. The number of thiophene rings is 1. The van der Waals surface area contributed by atoms with Crippen molar-refractivity contribution >= 4 is 27.5 Å². The van der Waals surface area contributed by atoms with Gasteiger partial charge in [-0.15, -0.1) is 11.3 Å². The second-order valence-electron chi connectivity index (χ2n) is 5.60. The van der Waals surface area contributed by atoms with E-state index in [4.69, 9.17) is 0 Å². The molecule has 0 bridgehead atoms. The van der Waals surface area contributed by atoms with E-state index in [-0.39, 0.29) is 5.91 Å². The van der Waals surface area contributed by atoms with Crippen molar-refractivity contribution in [3.05, 3.63) is 23.2 Å². The minimum absolute atomic E-state index is 0.186. The first-order valence-electron chi connectivity index (χ1n) is 6.95. The Hall–Kier alpha value is -1.29. The lowest BCUT2D eigenvalue weighted by atomic mass is 9.97. The van der Waals surface area contributed by atoms with Gasteiger partial charge in [0.05, 0.1) is 10.2 Å². The maximum Gasteiger partial charge on any atom is 0.271 e. The van der Waals surface area contributed by atoms with Crippen LogP contribution in [0.15, 0.2) is 17.5 Å². The van der Waals surface area contributed by atoms with Crippen LogP contribution in [0.4, 0.5) is 0 Å². The summed E-state index contributed by atoms with van der Waals surface area (Å²) in [6.07, 6.45) is 3.47. The number of hydrogen-bond acceptors (Lipinski definition) is 2. The second kappa shape index (κ2) is 4.67. The average Bonchev–Trinajstić information content (AvgIpc) is 2.92. The van der Waals surface area contributed by atoms with E-state index in [1.807, 2.05) is 17.7 Å². The molecule has 4 heteroatoms. The zero-order valence-electron chi connectivity index (χ0n) is 11.7. The number of aryl methyl sites for hydroxylation is 1. The van der Waals surface area contributed by atoms with Crippen molar-refractivity contribution in [2.45, 2.75) is 45.2 Å². The van der Waals surface area contributed by atoms with Crippen LogP contribution in [0.5, 0.6) is 0 Å². The maximum absolute atomic E-state index is 12.8. The van der Waals surface area contributed by atoms with Gasteiger partial charge in [-0.05, 0) is 50.6 Å². The highest BCUT2D eigenvalue weighted by atomic mass is 32.1. The average molecular weight is 276 g/mol. The molecular weight excluding hydrogens is 256 g/mol. The summed E-state index contributed by atoms with van der Waals surface area (Å²) >= 11 is 1.70. The van der Waals surface area contributed by atoms with Crippen LogP contribution in [0.3, 0.4) is 0 Å². The number of carbonyl (C=O) groups excluding carboxylic acids is 1. The zero-order valence-corrected chi connectivity index (χ0v) is 12.5. The van der Waals surface area contributed by atoms with Gasteiger partial charge in [-0.1, -0.05) is 0 Å². The molecule has 2 aromatic heterocycles. The third-order valence-corrected chi connectivity index (χ3v) is 5.16. The summed E-state index contributed by atoms with van der Waals surface area (Å²) in [4.78, 5) is 14.9. The Labute approximate surface area is 117 Å². The predicted molar refractivity (Wildman–Crippen MR) is 79.7 cm³/mol. The normalized spacial score (nSPS) is 24.1. The van der Waals surface area contributed by atoms with Crippen LogP contribution in [-0.4, -0.2) is 27.5 Å². The Bertz CT molecular complexity index is 603. The highest BCUT2D eigenvalue weighted by molar-refractivity contribution is 7.17. The lowest BCUT2D eigenvalue weighted by molar-refractivity contribution is 0.0501. The molecule has 3 nitrogen and oxygen atoms in total. The van der Waals surface area contributed by atoms with Crippen molar-refractivity contribution in [1.29, 1.82) is 0 Å². The van der Waals surface area contributed by atoms with E-state index >= 15 is 0 Å². The van der Waals surface area contributed by atoms with Crippen molar-refractivity contribution in [3.8, 4) is 0 Å². The summed E-state index contributed by atoms with van der Waals surface area (Å²) < 4.78 is 3.23. The molecule has 1 saturated heterocycles. The molecule has 3 heterocycles. The van der Waals surface area contributed by atoms with Crippen LogP contribution in [0.1, 0.15) is 43.6 Å². The Morgan fingerprint density at radius 2 is 2.00 bits per heavy atom. The van der Waals surface area contributed by atoms with E-state index in [9.17, 15) is 4.79 Å². The summed E-state index contributed by atoms with van der Waals surface area (Å²) in [5, 5.41) is 2.07. The highest BCUT2D eigenvalue weighted by Crippen LogP contribution is 2.28. The van der Waals surface area contributed by atoms with Gasteiger partial charge in [0.1, 0.15) is 5.69 Å². The fourth-order valence-electron chi connectivity index (χ4n) is 3.21. The number of fused-ring (bicyclic) bond motifs is 1. The van der Waals surface area contributed by atoms with Crippen molar-refractivity contribution in [3.63, 3.8) is 0 Å². The van der Waals surface area contributed by atoms with Gasteiger partial charge in [0.15, 0.2) is 0 Å². The summed E-state index contributed by atoms with van der Waals surface area (Å²) in [5.41, 5.74) is 1.98. The summed E-state index contributed by atoms with van der Waals surface area (Å²) in [5.74, 6) is 0.186. The number of nitrogens with zero attached hydrogens (tertiary/aromatic N) is 2. The lowest BCUT2D eigenvalue weighted by Crippen LogP contribution is -2.47. The largest absolute Gasteiger partial charge is 0.339 e. The molecule has 1 aliphatic rings. The molecular formula is C15H20N2OS. The first-order chi connectivity index (χ1) is 9.09. The van der Waals surface area contributed by atoms with Crippen LogP contribution < -0.4 is 0 Å². The van der Waals surface area contributed by atoms with Gasteiger partial charge >= 0.3 is 0 Å². The molecule has 0 spiro atoms. The third-order valence-electron chi connectivity index (χ3n) is 4.31. The second-order valence-corrected chi connectivity index (χ2v) is 6.55. The Morgan fingerprint density at radius 1 is 1.32 bits per heavy atom. The van der Waals surface area contributed by atoms with Gasteiger partial charge in [0.2, 0.25) is 0 Å². The third kappa shape index (κ3) is 1.98. The maximum atomic E-state index is 12.8. The Balaban J connectivity index is 1.98. The summed E-state index contributed by atoms with van der Waals surface area (Å²) in [6, 6.07) is 4.82. The molecule has 0 N–H and O–H groups in total. The van der Waals surface area contributed by atoms with Gasteiger partial charge in [0.25, 0.3) is 5.91 Å². The van der Waals surface area contributed by atoms with E-state index < -0.39 is 0 Å². The van der Waals surface area contributed by atoms with Crippen LogP contribution in [0, 0.1) is 0 Å². The highest BCUT2D eigenvalue weighted by Gasteiger charge is 2.31. The fourth-order valence-corrected chi connectivity index (χ4v) is 4.06. The Morgan fingerprint density at radius 3 is 2.63 bits per heavy atom. The van der Waals surface area contributed by atoms with Gasteiger partial charge in [-0.25, -0.2) is 0 Å². The van der Waals surface area contributed by atoms with Gasteiger partial charge in [-0.3, -0.25) is 4.79 Å². The number of likely N-dealkylation sites (tertiary alicyclic amines) is 1. The number of aromatic nitrogens is 1. The summed E-state index contributed by atoms with van der Waals surface area (Å²) in [6.45, 7) is 4.33. The molecule has 2 unspecified atom stereocenters. The standard InChI is InChI=1S/C15H20N2OS/c1-10-5-4-6-11(2)17(10)15(18)13-9-14-12(16(13)3)7-8-19-14/h7-11H,4-6H2,1-3H3. The van der Waals surface area contributed by atoms with Crippen molar-refractivity contribution in [2.24, 2.45) is 7.05 Å². The zero-order chi connectivity index (χ0) is 13.6. The molecule has 2 aromatic rings. The van der Waals surface area contributed by atoms with E-state index in [0.717, 1.165) is 24.1 Å². The number of hydrogen-bond donors (Lipinski definition) is 0. The number of rotatable bonds is 1. The van der Waals surface area contributed by atoms with Crippen molar-refractivity contribution in [2.75, 3.05) is 0 Å². The molecule has 19 heavy (non-hydrogen) atoms. The predicted octanol–water partition coefficient (Wildman–Crippen LogP) is 3.64. The molecule has 1 amide bonds. The molecule has 2 atom stereocenters. The molecule has 1 aliphatic heterocycles. The van der Waals surface area contributed by atoms with E-state index in [2.05, 4.69) is 30.2 Å². The molecule has 0 aliphatic carbocycles.